The van der Waals surface area contributed by atoms with Crippen LogP contribution in [0.3, 0.4) is 0 Å². The molecule has 19 heavy (non-hydrogen) atoms. The molecular formula is C17H21NO. The lowest BCUT2D eigenvalue weighted by Gasteiger charge is -2.26. The second kappa shape index (κ2) is 6.95. The molecule has 0 radical (unpaired) electrons. The molecule has 0 saturated heterocycles. The minimum atomic E-state index is 0.473. The number of rotatable bonds is 6. The van der Waals surface area contributed by atoms with E-state index in [4.69, 9.17) is 4.84 Å². The summed E-state index contributed by atoms with van der Waals surface area (Å²) in [6.45, 7) is 3.08. The molecule has 2 heteroatoms. The Morgan fingerprint density at radius 1 is 0.947 bits per heavy atom. The molecule has 0 spiro atoms. The topological polar surface area (TPSA) is 12.5 Å². The van der Waals surface area contributed by atoms with Crippen LogP contribution in [0.2, 0.25) is 0 Å². The van der Waals surface area contributed by atoms with Crippen LogP contribution in [0, 0.1) is 0 Å². The fraction of sp³-hybridized carbons (Fsp3) is 0.294. The second-order valence-electron chi connectivity index (χ2n) is 4.60. The number of anilines is 1. The fourth-order valence-electron chi connectivity index (χ4n) is 2.28. The maximum absolute atomic E-state index is 5.52. The molecule has 2 aromatic rings. The summed E-state index contributed by atoms with van der Waals surface area (Å²) in [5, 5.41) is 1.96. The number of hydrogen-bond donors (Lipinski definition) is 0. The number of para-hydroxylation sites is 1. The molecule has 0 saturated carbocycles. The van der Waals surface area contributed by atoms with Gasteiger partial charge in [0.1, 0.15) is 0 Å². The molecule has 2 aromatic carbocycles. The van der Waals surface area contributed by atoms with Gasteiger partial charge in [0, 0.05) is 5.92 Å². The van der Waals surface area contributed by atoms with E-state index in [0.29, 0.717) is 5.92 Å². The van der Waals surface area contributed by atoms with Crippen molar-refractivity contribution in [2.24, 2.45) is 0 Å². The lowest BCUT2D eigenvalue weighted by atomic mass is 9.96. The molecule has 0 aliphatic carbocycles. The van der Waals surface area contributed by atoms with E-state index in [1.807, 2.05) is 23.3 Å². The van der Waals surface area contributed by atoms with Gasteiger partial charge in [-0.3, -0.25) is 9.90 Å². The van der Waals surface area contributed by atoms with Gasteiger partial charge in [-0.25, -0.2) is 0 Å². The van der Waals surface area contributed by atoms with E-state index >= 15 is 0 Å². The summed E-state index contributed by atoms with van der Waals surface area (Å²) in [5.41, 5.74) is 2.46. The largest absolute Gasteiger partial charge is 0.277 e. The molecule has 1 unspecified atom stereocenters. The summed E-state index contributed by atoms with van der Waals surface area (Å²) in [7, 11) is 1.73. The zero-order valence-electron chi connectivity index (χ0n) is 11.6. The molecule has 100 valence electrons. The highest BCUT2D eigenvalue weighted by molar-refractivity contribution is 5.44. The van der Waals surface area contributed by atoms with Crippen molar-refractivity contribution in [1.29, 1.82) is 0 Å². The quantitative estimate of drug-likeness (QED) is 0.715. The van der Waals surface area contributed by atoms with Gasteiger partial charge in [0.05, 0.1) is 19.3 Å². The Kier molecular flexibility index (Phi) is 4.99. The third-order valence-electron chi connectivity index (χ3n) is 3.41. The van der Waals surface area contributed by atoms with Crippen LogP contribution in [0.5, 0.6) is 0 Å². The summed E-state index contributed by atoms with van der Waals surface area (Å²) in [4.78, 5) is 5.52. The SMILES string of the molecule is CCC(CN(OC)c1ccccc1)c1ccccc1. The molecule has 0 bridgehead atoms. The van der Waals surface area contributed by atoms with Gasteiger partial charge in [-0.1, -0.05) is 55.5 Å². The van der Waals surface area contributed by atoms with Crippen molar-refractivity contribution in [3.8, 4) is 0 Å². The molecule has 2 nitrogen and oxygen atoms in total. The van der Waals surface area contributed by atoms with Crippen LogP contribution in [0.4, 0.5) is 5.69 Å². The van der Waals surface area contributed by atoms with E-state index in [-0.39, 0.29) is 0 Å². The Morgan fingerprint density at radius 2 is 1.53 bits per heavy atom. The van der Waals surface area contributed by atoms with E-state index in [9.17, 15) is 0 Å². The molecule has 0 aliphatic rings. The van der Waals surface area contributed by atoms with Crippen molar-refractivity contribution in [2.75, 3.05) is 18.7 Å². The molecule has 0 heterocycles. The Hall–Kier alpha value is -1.80. The van der Waals surface area contributed by atoms with Crippen LogP contribution in [-0.2, 0) is 4.84 Å². The maximum Gasteiger partial charge on any atom is 0.0639 e. The third kappa shape index (κ3) is 3.58. The van der Waals surface area contributed by atoms with Crippen molar-refractivity contribution in [3.05, 3.63) is 66.2 Å². The van der Waals surface area contributed by atoms with Gasteiger partial charge in [-0.15, -0.1) is 0 Å². The Bertz CT molecular complexity index is 424. The summed E-state index contributed by atoms with van der Waals surface area (Å²) >= 11 is 0. The van der Waals surface area contributed by atoms with Crippen molar-refractivity contribution >= 4 is 5.69 Å². The molecule has 0 aromatic heterocycles. The van der Waals surface area contributed by atoms with E-state index in [1.54, 1.807) is 7.11 Å². The highest BCUT2D eigenvalue weighted by Crippen LogP contribution is 2.23. The fourth-order valence-corrected chi connectivity index (χ4v) is 2.28. The molecule has 1 atom stereocenters. The van der Waals surface area contributed by atoms with E-state index in [0.717, 1.165) is 18.7 Å². The summed E-state index contributed by atoms with van der Waals surface area (Å²) in [5.74, 6) is 0.473. The lowest BCUT2D eigenvalue weighted by molar-refractivity contribution is 0.161. The Morgan fingerprint density at radius 3 is 2.05 bits per heavy atom. The summed E-state index contributed by atoms with van der Waals surface area (Å²) in [6, 6.07) is 20.8. The average Bonchev–Trinajstić information content (AvgIpc) is 2.50. The molecular weight excluding hydrogens is 234 g/mol. The van der Waals surface area contributed by atoms with Crippen molar-refractivity contribution < 1.29 is 4.84 Å². The van der Waals surface area contributed by atoms with Gasteiger partial charge < -0.3 is 0 Å². The van der Waals surface area contributed by atoms with Crippen LogP contribution < -0.4 is 5.06 Å². The zero-order valence-corrected chi connectivity index (χ0v) is 11.6. The maximum atomic E-state index is 5.52. The Labute approximate surface area is 115 Å². The summed E-state index contributed by atoms with van der Waals surface area (Å²) in [6.07, 6.45) is 1.09. The highest BCUT2D eigenvalue weighted by Gasteiger charge is 2.14. The van der Waals surface area contributed by atoms with Gasteiger partial charge in [0.15, 0.2) is 0 Å². The molecule has 0 amide bonds. The minimum absolute atomic E-state index is 0.473. The minimum Gasteiger partial charge on any atom is -0.277 e. The third-order valence-corrected chi connectivity index (χ3v) is 3.41. The lowest BCUT2D eigenvalue weighted by Crippen LogP contribution is -2.27. The smallest absolute Gasteiger partial charge is 0.0639 e. The number of hydrogen-bond acceptors (Lipinski definition) is 2. The summed E-state index contributed by atoms with van der Waals surface area (Å²) < 4.78 is 0. The van der Waals surface area contributed by atoms with Crippen LogP contribution in [0.1, 0.15) is 24.8 Å². The molecule has 0 N–H and O–H groups in total. The molecule has 0 aliphatic heterocycles. The van der Waals surface area contributed by atoms with E-state index in [2.05, 4.69) is 49.4 Å². The van der Waals surface area contributed by atoms with Crippen LogP contribution in [0.25, 0.3) is 0 Å². The van der Waals surface area contributed by atoms with Crippen molar-refractivity contribution in [1.82, 2.24) is 0 Å². The first-order valence-corrected chi connectivity index (χ1v) is 6.76. The first kappa shape index (κ1) is 13.6. The van der Waals surface area contributed by atoms with Gasteiger partial charge in [0.25, 0.3) is 0 Å². The second-order valence-corrected chi connectivity index (χ2v) is 4.60. The standard InChI is InChI=1S/C17H21NO/c1-3-15(16-10-6-4-7-11-16)14-18(19-2)17-12-8-5-9-13-17/h4-13,15H,3,14H2,1-2H3. The predicted molar refractivity (Wildman–Crippen MR) is 80.3 cm³/mol. The normalized spacial score (nSPS) is 12.1. The van der Waals surface area contributed by atoms with Crippen molar-refractivity contribution in [2.45, 2.75) is 19.3 Å². The Balaban J connectivity index is 2.13. The van der Waals surface area contributed by atoms with E-state index < -0.39 is 0 Å². The predicted octanol–water partition coefficient (Wildman–Crippen LogP) is 4.25. The first-order chi connectivity index (χ1) is 9.35. The molecule has 0 fully saturated rings. The van der Waals surface area contributed by atoms with Gasteiger partial charge >= 0.3 is 0 Å². The number of nitrogens with zero attached hydrogens (tertiary/aromatic N) is 1. The van der Waals surface area contributed by atoms with E-state index in [1.165, 1.54) is 5.56 Å². The van der Waals surface area contributed by atoms with Gasteiger partial charge in [0.2, 0.25) is 0 Å². The van der Waals surface area contributed by atoms with Crippen LogP contribution in [-0.4, -0.2) is 13.7 Å². The van der Waals surface area contributed by atoms with Crippen LogP contribution in [0.15, 0.2) is 60.7 Å². The van der Waals surface area contributed by atoms with Gasteiger partial charge in [-0.05, 0) is 24.1 Å². The van der Waals surface area contributed by atoms with Crippen LogP contribution >= 0.6 is 0 Å². The van der Waals surface area contributed by atoms with Gasteiger partial charge in [-0.2, -0.15) is 0 Å². The number of hydroxylamine groups is 1. The monoisotopic (exact) mass is 255 g/mol. The zero-order chi connectivity index (χ0) is 13.5. The number of benzene rings is 2. The molecule has 2 rings (SSSR count). The average molecular weight is 255 g/mol. The highest BCUT2D eigenvalue weighted by atomic mass is 16.7. The first-order valence-electron chi connectivity index (χ1n) is 6.76. The van der Waals surface area contributed by atoms with Crippen molar-refractivity contribution in [3.63, 3.8) is 0 Å².